The monoisotopic (exact) mass is 290 g/mol. The van der Waals surface area contributed by atoms with Crippen molar-refractivity contribution in [1.82, 2.24) is 0 Å². The first-order valence-corrected chi connectivity index (χ1v) is 6.83. The van der Waals surface area contributed by atoms with Crippen molar-refractivity contribution >= 4 is 23.5 Å². The smallest absolute Gasteiger partial charge is 0.306 e. The molecule has 1 aliphatic rings. The molecule has 0 spiro atoms. The summed E-state index contributed by atoms with van der Waals surface area (Å²) in [6, 6.07) is 4.95. The predicted octanol–water partition coefficient (Wildman–Crippen LogP) is 1.53. The second-order valence-corrected chi connectivity index (χ2v) is 5.38. The summed E-state index contributed by atoms with van der Waals surface area (Å²) in [5.41, 5.74) is 6.79. The van der Waals surface area contributed by atoms with Crippen LogP contribution in [0.1, 0.15) is 35.2 Å². The molecule has 2 unspecified atom stereocenters. The van der Waals surface area contributed by atoms with Crippen molar-refractivity contribution < 1.29 is 19.5 Å². The van der Waals surface area contributed by atoms with E-state index in [9.17, 15) is 14.4 Å². The van der Waals surface area contributed by atoms with Gasteiger partial charge in [-0.25, -0.2) is 0 Å². The molecular formula is C15H18N2O4. The fourth-order valence-corrected chi connectivity index (χ4v) is 2.72. The minimum absolute atomic E-state index is 0.205. The molecule has 1 aromatic rings. The van der Waals surface area contributed by atoms with Crippen LogP contribution >= 0.6 is 0 Å². The molecule has 6 heteroatoms. The molecule has 1 aromatic carbocycles. The second kappa shape index (κ2) is 5.95. The molecule has 0 radical (unpaired) electrons. The lowest BCUT2D eigenvalue weighted by molar-refractivity contribution is -0.141. The number of nitrogens with one attached hydrogen (secondary N) is 1. The molecule has 0 bridgehead atoms. The highest BCUT2D eigenvalue weighted by Crippen LogP contribution is 2.32. The van der Waals surface area contributed by atoms with Crippen molar-refractivity contribution in [3.05, 3.63) is 29.3 Å². The lowest BCUT2D eigenvalue weighted by Gasteiger charge is -2.14. The maximum atomic E-state index is 12.2. The summed E-state index contributed by atoms with van der Waals surface area (Å²) in [7, 11) is 0. The van der Waals surface area contributed by atoms with Gasteiger partial charge >= 0.3 is 5.97 Å². The molecule has 6 nitrogen and oxygen atoms in total. The number of anilines is 1. The Hall–Kier alpha value is -2.37. The van der Waals surface area contributed by atoms with E-state index >= 15 is 0 Å². The van der Waals surface area contributed by atoms with Crippen molar-refractivity contribution in [1.29, 1.82) is 0 Å². The van der Waals surface area contributed by atoms with Crippen LogP contribution < -0.4 is 11.1 Å². The van der Waals surface area contributed by atoms with Gasteiger partial charge in [-0.2, -0.15) is 0 Å². The first-order chi connectivity index (χ1) is 9.90. The Kier molecular flexibility index (Phi) is 4.26. The van der Waals surface area contributed by atoms with Gasteiger partial charge in [0.05, 0.1) is 5.92 Å². The Labute approximate surface area is 122 Å². The third kappa shape index (κ3) is 3.21. The van der Waals surface area contributed by atoms with Gasteiger partial charge in [0.15, 0.2) is 0 Å². The van der Waals surface area contributed by atoms with E-state index in [-0.39, 0.29) is 11.8 Å². The second-order valence-electron chi connectivity index (χ2n) is 5.38. The largest absolute Gasteiger partial charge is 0.481 e. The van der Waals surface area contributed by atoms with E-state index in [2.05, 4.69) is 5.32 Å². The van der Waals surface area contributed by atoms with Crippen molar-refractivity contribution in [2.24, 2.45) is 17.6 Å². The molecule has 1 saturated carbocycles. The van der Waals surface area contributed by atoms with Crippen molar-refractivity contribution in [2.75, 3.05) is 5.32 Å². The van der Waals surface area contributed by atoms with Crippen molar-refractivity contribution in [2.45, 2.75) is 26.2 Å². The van der Waals surface area contributed by atoms with E-state index in [1.807, 2.05) is 0 Å². The Morgan fingerprint density at radius 2 is 1.90 bits per heavy atom. The Morgan fingerprint density at radius 1 is 1.24 bits per heavy atom. The highest BCUT2D eigenvalue weighted by atomic mass is 16.4. The van der Waals surface area contributed by atoms with Gasteiger partial charge in [-0.15, -0.1) is 0 Å². The SMILES string of the molecule is Cc1c(NC(=O)C2CCC(C(=O)O)C2)cccc1C(N)=O. The fourth-order valence-electron chi connectivity index (χ4n) is 2.72. The molecule has 21 heavy (non-hydrogen) atoms. The standard InChI is InChI=1S/C15H18N2O4/c1-8-11(13(16)18)3-2-4-12(8)17-14(19)9-5-6-10(7-9)15(20)21/h2-4,9-10H,5-7H2,1H3,(H2,16,18)(H,17,19)(H,20,21). The molecular weight excluding hydrogens is 272 g/mol. The lowest BCUT2D eigenvalue weighted by atomic mass is 10.0. The van der Waals surface area contributed by atoms with E-state index in [0.29, 0.717) is 36.1 Å². The van der Waals surface area contributed by atoms with Gasteiger partial charge < -0.3 is 16.2 Å². The molecule has 0 heterocycles. The van der Waals surface area contributed by atoms with Crippen LogP contribution in [0.3, 0.4) is 0 Å². The van der Waals surface area contributed by atoms with Crippen LogP contribution in [0, 0.1) is 18.8 Å². The summed E-state index contributed by atoms with van der Waals surface area (Å²) in [5.74, 6) is -2.35. The summed E-state index contributed by atoms with van der Waals surface area (Å²) < 4.78 is 0. The quantitative estimate of drug-likeness (QED) is 0.781. The molecule has 1 aliphatic carbocycles. The van der Waals surface area contributed by atoms with E-state index in [1.54, 1.807) is 25.1 Å². The van der Waals surface area contributed by atoms with Gasteiger partial charge in [-0.1, -0.05) is 6.07 Å². The molecule has 0 saturated heterocycles. The number of amides is 2. The van der Waals surface area contributed by atoms with Gasteiger partial charge in [-0.05, 0) is 43.9 Å². The topological polar surface area (TPSA) is 109 Å². The number of carboxylic acids is 1. The van der Waals surface area contributed by atoms with Gasteiger partial charge in [0.1, 0.15) is 0 Å². The molecule has 4 N–H and O–H groups in total. The zero-order valence-electron chi connectivity index (χ0n) is 11.8. The zero-order chi connectivity index (χ0) is 15.6. The average molecular weight is 290 g/mol. The van der Waals surface area contributed by atoms with Gasteiger partial charge in [0.2, 0.25) is 11.8 Å². The summed E-state index contributed by atoms with van der Waals surface area (Å²) in [6.45, 7) is 1.71. The van der Waals surface area contributed by atoms with Crippen LogP contribution in [0.15, 0.2) is 18.2 Å². The number of hydrogen-bond donors (Lipinski definition) is 3. The van der Waals surface area contributed by atoms with E-state index < -0.39 is 17.8 Å². The molecule has 2 amide bonds. The van der Waals surface area contributed by atoms with E-state index in [0.717, 1.165) is 0 Å². The van der Waals surface area contributed by atoms with Crippen LogP contribution in [0.2, 0.25) is 0 Å². The number of primary amides is 1. The summed E-state index contributed by atoms with van der Waals surface area (Å²) in [6.07, 6.45) is 1.45. The summed E-state index contributed by atoms with van der Waals surface area (Å²) >= 11 is 0. The number of hydrogen-bond acceptors (Lipinski definition) is 3. The molecule has 2 rings (SSSR count). The van der Waals surface area contributed by atoms with Crippen LogP contribution in [0.5, 0.6) is 0 Å². The highest BCUT2D eigenvalue weighted by Gasteiger charge is 2.33. The van der Waals surface area contributed by atoms with Gasteiger partial charge in [0, 0.05) is 17.2 Å². The number of carbonyl (C=O) groups excluding carboxylic acids is 2. The van der Waals surface area contributed by atoms with Crippen molar-refractivity contribution in [3.8, 4) is 0 Å². The molecule has 112 valence electrons. The molecule has 2 atom stereocenters. The Bertz CT molecular complexity index is 597. The maximum absolute atomic E-state index is 12.2. The molecule has 0 aliphatic heterocycles. The maximum Gasteiger partial charge on any atom is 0.306 e. The average Bonchev–Trinajstić information content (AvgIpc) is 2.90. The fraction of sp³-hybridized carbons (Fsp3) is 0.400. The first-order valence-electron chi connectivity index (χ1n) is 6.83. The predicted molar refractivity (Wildman–Crippen MR) is 76.8 cm³/mol. The molecule has 0 aromatic heterocycles. The molecule has 1 fully saturated rings. The van der Waals surface area contributed by atoms with Crippen LogP contribution in [-0.2, 0) is 9.59 Å². The Balaban J connectivity index is 2.09. The lowest BCUT2D eigenvalue weighted by Crippen LogP contribution is -2.23. The normalized spacial score (nSPS) is 21.0. The number of carboxylic acid groups (broad SMARTS) is 1. The van der Waals surface area contributed by atoms with Crippen LogP contribution in [0.25, 0.3) is 0 Å². The Morgan fingerprint density at radius 3 is 2.48 bits per heavy atom. The number of nitrogens with two attached hydrogens (primary N) is 1. The van der Waals surface area contributed by atoms with E-state index in [4.69, 9.17) is 10.8 Å². The third-order valence-electron chi connectivity index (χ3n) is 4.01. The minimum atomic E-state index is -0.850. The van der Waals surface area contributed by atoms with E-state index in [1.165, 1.54) is 0 Å². The van der Waals surface area contributed by atoms with Gasteiger partial charge in [-0.3, -0.25) is 14.4 Å². The first kappa shape index (κ1) is 15.0. The third-order valence-corrected chi connectivity index (χ3v) is 4.01. The highest BCUT2D eigenvalue weighted by molar-refractivity contribution is 5.99. The minimum Gasteiger partial charge on any atom is -0.481 e. The van der Waals surface area contributed by atoms with Crippen LogP contribution in [-0.4, -0.2) is 22.9 Å². The number of carbonyl (C=O) groups is 3. The number of rotatable bonds is 4. The summed E-state index contributed by atoms with van der Waals surface area (Å²) in [4.78, 5) is 34.4. The number of benzene rings is 1. The van der Waals surface area contributed by atoms with Gasteiger partial charge in [0.25, 0.3) is 0 Å². The van der Waals surface area contributed by atoms with Crippen LogP contribution in [0.4, 0.5) is 5.69 Å². The summed E-state index contributed by atoms with van der Waals surface area (Å²) in [5, 5.41) is 11.7. The number of aliphatic carboxylic acids is 1. The van der Waals surface area contributed by atoms with Crippen molar-refractivity contribution in [3.63, 3.8) is 0 Å². The zero-order valence-corrected chi connectivity index (χ0v) is 11.8.